The number of amides is 1. The highest BCUT2D eigenvalue weighted by atomic mass is 16.4. The molecule has 1 aliphatic carbocycles. The molecule has 1 fully saturated rings. The number of aryl methyl sites for hydroxylation is 1. The van der Waals surface area contributed by atoms with Gasteiger partial charge in [0.1, 0.15) is 23.3 Å². The van der Waals surface area contributed by atoms with Crippen molar-refractivity contribution in [2.75, 3.05) is 0 Å². The summed E-state index contributed by atoms with van der Waals surface area (Å²) in [5.41, 5.74) is 1.74. The van der Waals surface area contributed by atoms with Crippen LogP contribution in [0.2, 0.25) is 0 Å². The van der Waals surface area contributed by atoms with Crippen molar-refractivity contribution in [3.05, 3.63) is 64.5 Å². The minimum atomic E-state index is -0.442. The molecule has 3 aromatic heterocycles. The van der Waals surface area contributed by atoms with E-state index in [9.17, 15) is 9.59 Å². The molecular weight excluding hydrogens is 418 g/mol. The van der Waals surface area contributed by atoms with E-state index in [1.807, 2.05) is 36.1 Å². The van der Waals surface area contributed by atoms with Crippen molar-refractivity contribution in [2.24, 2.45) is 11.8 Å². The lowest BCUT2D eigenvalue weighted by Gasteiger charge is -2.41. The molecule has 1 aliphatic rings. The maximum absolute atomic E-state index is 13.7. The number of furan rings is 1. The molecule has 1 saturated carbocycles. The van der Waals surface area contributed by atoms with Crippen molar-refractivity contribution in [2.45, 2.75) is 59.2 Å². The lowest BCUT2D eigenvalue weighted by molar-refractivity contribution is -0.138. The molecule has 172 valence electrons. The van der Waals surface area contributed by atoms with Gasteiger partial charge in [-0.15, -0.1) is 0 Å². The first kappa shape index (κ1) is 21.5. The van der Waals surface area contributed by atoms with Crippen molar-refractivity contribution in [3.8, 4) is 0 Å². The first-order chi connectivity index (χ1) is 15.9. The molecular formula is C26H29N3O4. The fourth-order valence-corrected chi connectivity index (χ4v) is 5.18. The van der Waals surface area contributed by atoms with E-state index in [0.29, 0.717) is 34.9 Å². The van der Waals surface area contributed by atoms with Gasteiger partial charge in [0, 0.05) is 11.4 Å². The van der Waals surface area contributed by atoms with Crippen molar-refractivity contribution in [1.29, 1.82) is 0 Å². The van der Waals surface area contributed by atoms with Crippen molar-refractivity contribution >= 4 is 27.8 Å². The highest BCUT2D eigenvalue weighted by Crippen LogP contribution is 2.34. The number of carbonyl (C=O) groups is 1. The molecule has 5 rings (SSSR count). The normalized spacial score (nSPS) is 21.0. The molecule has 7 heteroatoms. The van der Waals surface area contributed by atoms with Crippen LogP contribution in [0.25, 0.3) is 21.9 Å². The van der Waals surface area contributed by atoms with Gasteiger partial charge < -0.3 is 13.7 Å². The Labute approximate surface area is 192 Å². The minimum Gasteiger partial charge on any atom is -0.467 e. The molecule has 3 heterocycles. The predicted molar refractivity (Wildman–Crippen MR) is 126 cm³/mol. The number of fused-ring (bicyclic) bond motifs is 3. The summed E-state index contributed by atoms with van der Waals surface area (Å²) in [7, 11) is 0. The lowest BCUT2D eigenvalue weighted by Crippen LogP contribution is -2.48. The summed E-state index contributed by atoms with van der Waals surface area (Å²) in [5, 5.41) is 5.59. The topological polar surface area (TPSA) is 81.5 Å². The second-order valence-electron chi connectivity index (χ2n) is 9.39. The Balaban J connectivity index is 1.54. The summed E-state index contributed by atoms with van der Waals surface area (Å²) in [6.45, 7) is 6.96. The van der Waals surface area contributed by atoms with Gasteiger partial charge in [0.05, 0.1) is 24.5 Å². The minimum absolute atomic E-state index is 0.0311. The maximum Gasteiger partial charge on any atom is 0.347 e. The Kier molecular flexibility index (Phi) is 5.56. The van der Waals surface area contributed by atoms with Gasteiger partial charge in [0.2, 0.25) is 5.91 Å². The Morgan fingerprint density at radius 3 is 2.85 bits per heavy atom. The van der Waals surface area contributed by atoms with E-state index >= 15 is 0 Å². The molecule has 1 amide bonds. The van der Waals surface area contributed by atoms with E-state index in [-0.39, 0.29) is 18.5 Å². The van der Waals surface area contributed by atoms with Gasteiger partial charge in [-0.1, -0.05) is 38.3 Å². The van der Waals surface area contributed by atoms with Crippen LogP contribution in [0.15, 0.2) is 56.4 Å². The molecule has 0 saturated heterocycles. The number of aromatic nitrogens is 2. The molecule has 0 radical (unpaired) electrons. The summed E-state index contributed by atoms with van der Waals surface area (Å²) < 4.78 is 12.7. The van der Waals surface area contributed by atoms with Crippen LogP contribution in [0.1, 0.15) is 44.4 Å². The van der Waals surface area contributed by atoms with E-state index in [1.54, 1.807) is 17.0 Å². The van der Waals surface area contributed by atoms with Gasteiger partial charge in [-0.3, -0.25) is 9.48 Å². The second kappa shape index (κ2) is 8.54. The molecule has 0 N–H and O–H groups in total. The average Bonchev–Trinajstić information content (AvgIpc) is 3.45. The van der Waals surface area contributed by atoms with E-state index in [2.05, 4.69) is 18.9 Å². The van der Waals surface area contributed by atoms with Gasteiger partial charge in [-0.05, 0) is 49.4 Å². The molecule has 4 aromatic rings. The third kappa shape index (κ3) is 3.96. The molecule has 0 aliphatic heterocycles. The monoisotopic (exact) mass is 447 g/mol. The van der Waals surface area contributed by atoms with Crippen LogP contribution < -0.4 is 5.63 Å². The summed E-state index contributed by atoms with van der Waals surface area (Å²) in [5.74, 6) is 1.68. The third-order valence-corrected chi connectivity index (χ3v) is 7.23. The standard InChI is InChI=1S/C26H29N3O4/c1-16-9-10-23-20(12-16)25-21(26(31)33-23)13-27-29(25)15-24(30)28(14-19-7-5-11-32-19)22-8-4-6-17(2)18(22)3/h5,7,9-13,17-18,22H,4,6,8,14-15H2,1-3H3/t17-,18+,22-/m1/s1. The fourth-order valence-electron chi connectivity index (χ4n) is 5.18. The molecule has 3 atom stereocenters. The summed E-state index contributed by atoms with van der Waals surface area (Å²) >= 11 is 0. The average molecular weight is 448 g/mol. The highest BCUT2D eigenvalue weighted by molar-refractivity contribution is 6.02. The molecule has 0 unspecified atom stereocenters. The summed E-state index contributed by atoms with van der Waals surface area (Å²) in [4.78, 5) is 28.2. The van der Waals surface area contributed by atoms with Gasteiger partial charge in [0.15, 0.2) is 0 Å². The van der Waals surface area contributed by atoms with E-state index in [0.717, 1.165) is 29.6 Å². The number of nitrogens with zero attached hydrogens (tertiary/aromatic N) is 3. The number of benzene rings is 1. The predicted octanol–water partition coefficient (Wildman–Crippen LogP) is 4.90. The van der Waals surface area contributed by atoms with Crippen LogP contribution >= 0.6 is 0 Å². The SMILES string of the molecule is Cc1ccc2oc(=O)c3cnn(CC(=O)N(Cc4ccco4)[C@@H]4CCC[C@@H](C)[C@@H]4C)c3c2c1. The van der Waals surface area contributed by atoms with Crippen LogP contribution in [0.5, 0.6) is 0 Å². The lowest BCUT2D eigenvalue weighted by atomic mass is 9.77. The number of rotatable bonds is 5. The number of hydrogen-bond donors (Lipinski definition) is 0. The molecule has 33 heavy (non-hydrogen) atoms. The Hall–Kier alpha value is -3.35. The van der Waals surface area contributed by atoms with Crippen LogP contribution in [0, 0.1) is 18.8 Å². The van der Waals surface area contributed by atoms with E-state index < -0.39 is 5.63 Å². The van der Waals surface area contributed by atoms with Crippen LogP contribution in [-0.2, 0) is 17.9 Å². The van der Waals surface area contributed by atoms with Gasteiger partial charge in [-0.25, -0.2) is 4.79 Å². The van der Waals surface area contributed by atoms with Gasteiger partial charge in [-0.2, -0.15) is 5.10 Å². The zero-order chi connectivity index (χ0) is 23.1. The molecule has 7 nitrogen and oxygen atoms in total. The first-order valence-corrected chi connectivity index (χ1v) is 11.6. The second-order valence-corrected chi connectivity index (χ2v) is 9.39. The Morgan fingerprint density at radius 1 is 1.21 bits per heavy atom. The third-order valence-electron chi connectivity index (χ3n) is 7.23. The van der Waals surface area contributed by atoms with Crippen molar-refractivity contribution in [3.63, 3.8) is 0 Å². The van der Waals surface area contributed by atoms with Crippen LogP contribution in [0.4, 0.5) is 0 Å². The highest BCUT2D eigenvalue weighted by Gasteiger charge is 2.34. The zero-order valence-electron chi connectivity index (χ0n) is 19.3. The molecule has 1 aromatic carbocycles. The zero-order valence-corrected chi connectivity index (χ0v) is 19.3. The van der Waals surface area contributed by atoms with Crippen molar-refractivity contribution in [1.82, 2.24) is 14.7 Å². The maximum atomic E-state index is 13.7. The van der Waals surface area contributed by atoms with Crippen molar-refractivity contribution < 1.29 is 13.6 Å². The van der Waals surface area contributed by atoms with Crippen LogP contribution in [-0.4, -0.2) is 26.6 Å². The smallest absolute Gasteiger partial charge is 0.347 e. The Bertz CT molecular complexity index is 1350. The summed E-state index contributed by atoms with van der Waals surface area (Å²) in [6.07, 6.45) is 6.40. The van der Waals surface area contributed by atoms with Crippen LogP contribution in [0.3, 0.4) is 0 Å². The molecule has 0 spiro atoms. The van der Waals surface area contributed by atoms with Gasteiger partial charge in [0.25, 0.3) is 0 Å². The van der Waals surface area contributed by atoms with Gasteiger partial charge >= 0.3 is 5.63 Å². The summed E-state index contributed by atoms with van der Waals surface area (Å²) in [6, 6.07) is 9.55. The first-order valence-electron chi connectivity index (χ1n) is 11.6. The quantitative estimate of drug-likeness (QED) is 0.407. The largest absolute Gasteiger partial charge is 0.467 e. The molecule has 0 bridgehead atoms. The fraction of sp³-hybridized carbons (Fsp3) is 0.423. The Morgan fingerprint density at radius 2 is 2.06 bits per heavy atom. The number of carbonyl (C=O) groups excluding carboxylic acids is 1. The number of hydrogen-bond acceptors (Lipinski definition) is 5. The van der Waals surface area contributed by atoms with E-state index in [1.165, 1.54) is 12.6 Å². The van der Waals surface area contributed by atoms with E-state index in [4.69, 9.17) is 8.83 Å².